The first-order chi connectivity index (χ1) is 7.27. The van der Waals surface area contributed by atoms with Crippen LogP contribution in [0.3, 0.4) is 0 Å². The molecule has 0 radical (unpaired) electrons. The Morgan fingerprint density at radius 3 is 3.13 bits per heavy atom. The molecule has 1 aliphatic rings. The predicted molar refractivity (Wildman–Crippen MR) is 51.7 cm³/mol. The fourth-order valence-corrected chi connectivity index (χ4v) is 1.37. The minimum absolute atomic E-state index is 0.233. The van der Waals surface area contributed by atoms with Gasteiger partial charge in [-0.3, -0.25) is 10.2 Å². The highest BCUT2D eigenvalue weighted by Gasteiger charge is 2.21. The summed E-state index contributed by atoms with van der Waals surface area (Å²) in [6, 6.07) is 4.63. The Kier molecular flexibility index (Phi) is 2.79. The Bertz CT molecular complexity index is 420. The third-order valence-corrected chi connectivity index (χ3v) is 2.18. The van der Waals surface area contributed by atoms with E-state index in [0.717, 1.165) is 11.3 Å². The maximum atomic E-state index is 11.6. The van der Waals surface area contributed by atoms with E-state index in [-0.39, 0.29) is 17.4 Å². The topological polar surface area (TPSA) is 78.7 Å². The Labute approximate surface area is 86.2 Å². The highest BCUT2D eigenvalue weighted by atomic mass is 16.5. The molecule has 2 heterocycles. The molecule has 6 nitrogen and oxygen atoms in total. The molecule has 0 aromatic carbocycles. The minimum atomic E-state index is -0.301. The van der Waals surface area contributed by atoms with E-state index in [1.807, 2.05) is 0 Å². The number of hydrogen-bond donors (Lipinski definition) is 3. The van der Waals surface area contributed by atoms with Gasteiger partial charge in [-0.1, -0.05) is 6.07 Å². The van der Waals surface area contributed by atoms with E-state index in [1.165, 1.54) is 6.20 Å². The highest BCUT2D eigenvalue weighted by Crippen LogP contribution is 1.97. The SMILES string of the molecule is O=C(N=c1ccccn1O)C1CCNN1. The van der Waals surface area contributed by atoms with Gasteiger partial charge in [0.05, 0.1) is 0 Å². The van der Waals surface area contributed by atoms with Crippen LogP contribution in [0.4, 0.5) is 0 Å². The zero-order valence-corrected chi connectivity index (χ0v) is 8.05. The molecule has 0 aliphatic carbocycles. The number of pyridine rings is 1. The molecule has 80 valence electrons. The lowest BCUT2D eigenvalue weighted by atomic mass is 10.2. The van der Waals surface area contributed by atoms with Crippen molar-refractivity contribution in [1.82, 2.24) is 15.6 Å². The second-order valence-electron chi connectivity index (χ2n) is 3.27. The van der Waals surface area contributed by atoms with Crippen LogP contribution in [0, 0.1) is 0 Å². The first-order valence-electron chi connectivity index (χ1n) is 4.71. The first-order valence-corrected chi connectivity index (χ1v) is 4.71. The van der Waals surface area contributed by atoms with Crippen LogP contribution in [-0.2, 0) is 4.79 Å². The van der Waals surface area contributed by atoms with Gasteiger partial charge in [-0.25, -0.2) is 5.43 Å². The molecule has 1 fully saturated rings. The largest absolute Gasteiger partial charge is 0.427 e. The molecule has 0 bridgehead atoms. The average molecular weight is 208 g/mol. The van der Waals surface area contributed by atoms with E-state index in [0.29, 0.717) is 6.42 Å². The van der Waals surface area contributed by atoms with Gasteiger partial charge >= 0.3 is 0 Å². The number of carbonyl (C=O) groups excluding carboxylic acids is 1. The van der Waals surface area contributed by atoms with Crippen molar-refractivity contribution in [1.29, 1.82) is 0 Å². The van der Waals surface area contributed by atoms with Crippen molar-refractivity contribution in [2.45, 2.75) is 12.5 Å². The lowest BCUT2D eigenvalue weighted by molar-refractivity contribution is -0.119. The van der Waals surface area contributed by atoms with Crippen LogP contribution >= 0.6 is 0 Å². The number of nitrogens with zero attached hydrogens (tertiary/aromatic N) is 2. The molecule has 15 heavy (non-hydrogen) atoms. The van der Waals surface area contributed by atoms with Crippen LogP contribution < -0.4 is 16.3 Å². The molecule has 0 saturated carbocycles. The van der Waals surface area contributed by atoms with Gasteiger partial charge < -0.3 is 5.21 Å². The number of hydrogen-bond acceptors (Lipinski definition) is 4. The third kappa shape index (κ3) is 2.23. The van der Waals surface area contributed by atoms with Gasteiger partial charge in [0.2, 0.25) is 0 Å². The average Bonchev–Trinajstić information content (AvgIpc) is 2.74. The molecule has 1 saturated heterocycles. The maximum Gasteiger partial charge on any atom is 0.266 e. The summed E-state index contributed by atoms with van der Waals surface area (Å²) in [5, 5.41) is 9.34. The minimum Gasteiger partial charge on any atom is -0.427 e. The molecule has 1 atom stereocenters. The number of carbonyl (C=O) groups is 1. The Morgan fingerprint density at radius 2 is 2.47 bits per heavy atom. The lowest BCUT2D eigenvalue weighted by Crippen LogP contribution is -2.36. The normalized spacial score (nSPS) is 21.9. The molecule has 1 aromatic rings. The van der Waals surface area contributed by atoms with Crippen LogP contribution in [0.1, 0.15) is 6.42 Å². The van der Waals surface area contributed by atoms with Gasteiger partial charge in [0.1, 0.15) is 6.04 Å². The second-order valence-corrected chi connectivity index (χ2v) is 3.27. The van der Waals surface area contributed by atoms with Crippen molar-refractivity contribution in [3.8, 4) is 0 Å². The van der Waals surface area contributed by atoms with E-state index in [9.17, 15) is 10.0 Å². The first kappa shape index (κ1) is 9.88. The van der Waals surface area contributed by atoms with Crippen LogP contribution in [0.25, 0.3) is 0 Å². The van der Waals surface area contributed by atoms with E-state index >= 15 is 0 Å². The molecule has 1 amide bonds. The van der Waals surface area contributed by atoms with E-state index in [4.69, 9.17) is 0 Å². The Balaban J connectivity index is 2.22. The Hall–Kier alpha value is -1.66. The summed E-state index contributed by atoms with van der Waals surface area (Å²) in [4.78, 5) is 15.4. The fraction of sp³-hybridized carbons (Fsp3) is 0.333. The molecular formula is C9H12N4O2. The van der Waals surface area contributed by atoms with Crippen molar-refractivity contribution in [3.63, 3.8) is 0 Å². The van der Waals surface area contributed by atoms with E-state index < -0.39 is 0 Å². The fourth-order valence-electron chi connectivity index (χ4n) is 1.37. The lowest BCUT2D eigenvalue weighted by Gasteiger charge is -2.03. The molecule has 1 unspecified atom stereocenters. The second kappa shape index (κ2) is 4.24. The van der Waals surface area contributed by atoms with Crippen LogP contribution in [0.2, 0.25) is 0 Å². The molecule has 3 N–H and O–H groups in total. The van der Waals surface area contributed by atoms with Crippen molar-refractivity contribution < 1.29 is 10.0 Å². The quantitative estimate of drug-likeness (QED) is 0.518. The zero-order chi connectivity index (χ0) is 10.7. The number of amides is 1. The number of aromatic nitrogens is 1. The van der Waals surface area contributed by atoms with Gasteiger partial charge in [-0.15, -0.1) is 0 Å². The van der Waals surface area contributed by atoms with Crippen molar-refractivity contribution in [2.24, 2.45) is 4.99 Å². The summed E-state index contributed by atoms with van der Waals surface area (Å²) in [6.07, 6.45) is 2.13. The van der Waals surface area contributed by atoms with Gasteiger partial charge in [-0.2, -0.15) is 9.72 Å². The van der Waals surface area contributed by atoms with Crippen LogP contribution in [0.5, 0.6) is 0 Å². The summed E-state index contributed by atoms with van der Waals surface area (Å²) in [6.45, 7) is 0.750. The van der Waals surface area contributed by atoms with Gasteiger partial charge in [-0.05, 0) is 18.6 Å². The maximum absolute atomic E-state index is 11.6. The standard InChI is InChI=1S/C9H12N4O2/c14-9(7-4-5-10-12-7)11-8-3-1-2-6-13(8)15/h1-3,6-7,10,12,15H,4-5H2. The van der Waals surface area contributed by atoms with Gasteiger partial charge in [0, 0.05) is 12.7 Å². The molecule has 6 heteroatoms. The zero-order valence-electron chi connectivity index (χ0n) is 8.05. The van der Waals surface area contributed by atoms with E-state index in [1.54, 1.807) is 18.2 Å². The van der Waals surface area contributed by atoms with Crippen molar-refractivity contribution >= 4 is 5.91 Å². The summed E-state index contributed by atoms with van der Waals surface area (Å²) >= 11 is 0. The molecular weight excluding hydrogens is 196 g/mol. The molecule has 1 aromatic heterocycles. The molecule has 0 spiro atoms. The monoisotopic (exact) mass is 208 g/mol. The summed E-state index contributed by atoms with van der Waals surface area (Å²) < 4.78 is 0.820. The highest BCUT2D eigenvalue weighted by molar-refractivity contribution is 5.82. The number of hydrazine groups is 1. The van der Waals surface area contributed by atoms with Gasteiger partial charge in [0.25, 0.3) is 5.91 Å². The van der Waals surface area contributed by atoms with E-state index in [2.05, 4.69) is 15.8 Å². The smallest absolute Gasteiger partial charge is 0.266 e. The number of rotatable bonds is 1. The van der Waals surface area contributed by atoms with Gasteiger partial charge in [0.15, 0.2) is 5.49 Å². The van der Waals surface area contributed by atoms with Crippen LogP contribution in [-0.4, -0.2) is 28.4 Å². The summed E-state index contributed by atoms with van der Waals surface area (Å²) in [5.74, 6) is -0.283. The molecule has 2 rings (SSSR count). The van der Waals surface area contributed by atoms with Crippen molar-refractivity contribution in [2.75, 3.05) is 6.54 Å². The third-order valence-electron chi connectivity index (χ3n) is 2.18. The van der Waals surface area contributed by atoms with Crippen LogP contribution in [0.15, 0.2) is 29.4 Å². The number of nitrogens with one attached hydrogen (secondary N) is 2. The Morgan fingerprint density at radius 1 is 1.60 bits per heavy atom. The molecule has 1 aliphatic heterocycles. The summed E-state index contributed by atoms with van der Waals surface area (Å²) in [7, 11) is 0. The predicted octanol–water partition coefficient (Wildman–Crippen LogP) is -0.981. The van der Waals surface area contributed by atoms with Crippen molar-refractivity contribution in [3.05, 3.63) is 29.9 Å². The summed E-state index contributed by atoms with van der Waals surface area (Å²) in [5.41, 5.74) is 5.90.